The van der Waals surface area contributed by atoms with E-state index in [0.29, 0.717) is 6.54 Å². The molecule has 2 nitrogen and oxygen atoms in total. The van der Waals surface area contributed by atoms with Gasteiger partial charge in [0.2, 0.25) is 0 Å². The van der Waals surface area contributed by atoms with Crippen molar-refractivity contribution < 1.29 is 5.11 Å². The number of rotatable bonds is 6. The molecule has 0 spiro atoms. The van der Waals surface area contributed by atoms with Crippen LogP contribution in [0.3, 0.4) is 0 Å². The van der Waals surface area contributed by atoms with Gasteiger partial charge in [0.25, 0.3) is 0 Å². The van der Waals surface area contributed by atoms with Gasteiger partial charge in [0.15, 0.2) is 0 Å². The summed E-state index contributed by atoms with van der Waals surface area (Å²) < 4.78 is 1.69. The van der Waals surface area contributed by atoms with Crippen molar-refractivity contribution in [2.24, 2.45) is 0 Å². The standard InChI is InChI=1S/C14H15BrClNOS/c15-13-7-12(19-14(13)16)8-17-11(9-18)6-10-4-2-1-3-5-10/h1-5,7,11,17-18H,6,8-9H2. The molecule has 1 heterocycles. The molecule has 0 amide bonds. The normalized spacial score (nSPS) is 12.6. The van der Waals surface area contributed by atoms with E-state index in [1.54, 1.807) is 11.3 Å². The van der Waals surface area contributed by atoms with Crippen LogP contribution < -0.4 is 5.32 Å². The molecule has 102 valence electrons. The minimum Gasteiger partial charge on any atom is -0.395 e. The van der Waals surface area contributed by atoms with Crippen molar-refractivity contribution in [1.82, 2.24) is 5.32 Å². The van der Waals surface area contributed by atoms with Crippen molar-refractivity contribution in [2.45, 2.75) is 19.0 Å². The summed E-state index contributed by atoms with van der Waals surface area (Å²) >= 11 is 10.9. The third-order valence-corrected chi connectivity index (χ3v) is 5.28. The maximum atomic E-state index is 9.43. The van der Waals surface area contributed by atoms with Gasteiger partial charge in [0.1, 0.15) is 4.34 Å². The summed E-state index contributed by atoms with van der Waals surface area (Å²) in [5, 5.41) is 12.8. The third-order valence-electron chi connectivity index (χ3n) is 2.81. The zero-order chi connectivity index (χ0) is 13.7. The molecule has 0 aliphatic heterocycles. The van der Waals surface area contributed by atoms with Crippen molar-refractivity contribution in [3.8, 4) is 0 Å². The van der Waals surface area contributed by atoms with Crippen LogP contribution in [0.25, 0.3) is 0 Å². The first-order valence-electron chi connectivity index (χ1n) is 6.01. The molecule has 0 saturated carbocycles. The second-order valence-corrected chi connectivity index (χ2v) is 6.88. The van der Waals surface area contributed by atoms with Crippen LogP contribution in [0, 0.1) is 0 Å². The molecule has 19 heavy (non-hydrogen) atoms. The molecule has 0 fully saturated rings. The Morgan fingerprint density at radius 1 is 1.32 bits per heavy atom. The number of halogens is 2. The molecule has 0 bridgehead atoms. The monoisotopic (exact) mass is 359 g/mol. The van der Waals surface area contributed by atoms with Gasteiger partial charge in [0.05, 0.1) is 6.61 Å². The molecule has 0 radical (unpaired) electrons. The molecule has 1 unspecified atom stereocenters. The summed E-state index contributed by atoms with van der Waals surface area (Å²) in [7, 11) is 0. The van der Waals surface area contributed by atoms with E-state index in [0.717, 1.165) is 20.1 Å². The summed E-state index contributed by atoms with van der Waals surface area (Å²) in [6.07, 6.45) is 0.817. The number of thiophene rings is 1. The maximum absolute atomic E-state index is 9.43. The summed E-state index contributed by atoms with van der Waals surface area (Å²) in [6.45, 7) is 0.837. The van der Waals surface area contributed by atoms with Gasteiger partial charge in [-0.2, -0.15) is 0 Å². The first-order valence-corrected chi connectivity index (χ1v) is 7.99. The molecule has 1 aromatic heterocycles. The van der Waals surface area contributed by atoms with Crippen LogP contribution in [0.2, 0.25) is 4.34 Å². The molecule has 1 aromatic carbocycles. The van der Waals surface area contributed by atoms with Crippen LogP contribution in [0.5, 0.6) is 0 Å². The van der Waals surface area contributed by atoms with Crippen molar-refractivity contribution in [2.75, 3.05) is 6.61 Å². The van der Waals surface area contributed by atoms with E-state index >= 15 is 0 Å². The van der Waals surface area contributed by atoms with E-state index in [1.807, 2.05) is 24.3 Å². The average Bonchev–Trinajstić information content (AvgIpc) is 2.75. The highest BCUT2D eigenvalue weighted by Gasteiger charge is 2.10. The SMILES string of the molecule is OCC(Cc1ccccc1)NCc1cc(Br)c(Cl)s1. The van der Waals surface area contributed by atoms with Crippen LogP contribution in [0.15, 0.2) is 40.9 Å². The predicted molar refractivity (Wildman–Crippen MR) is 84.9 cm³/mol. The average molecular weight is 361 g/mol. The van der Waals surface area contributed by atoms with Gasteiger partial charge in [-0.1, -0.05) is 41.9 Å². The Labute approximate surface area is 130 Å². The van der Waals surface area contributed by atoms with Gasteiger partial charge in [0, 0.05) is 21.9 Å². The third kappa shape index (κ3) is 4.58. The van der Waals surface area contributed by atoms with Gasteiger partial charge < -0.3 is 10.4 Å². The van der Waals surface area contributed by atoms with Crippen LogP contribution in [-0.4, -0.2) is 17.8 Å². The maximum Gasteiger partial charge on any atom is 0.107 e. The summed E-state index contributed by atoms with van der Waals surface area (Å²) in [5.74, 6) is 0. The Bertz CT molecular complexity index is 498. The van der Waals surface area contributed by atoms with E-state index in [4.69, 9.17) is 11.6 Å². The number of benzene rings is 1. The second-order valence-electron chi connectivity index (χ2n) is 4.28. The first-order chi connectivity index (χ1) is 9.19. The lowest BCUT2D eigenvalue weighted by atomic mass is 10.1. The molecule has 2 rings (SSSR count). The van der Waals surface area contributed by atoms with Crippen LogP contribution in [0.4, 0.5) is 0 Å². The van der Waals surface area contributed by atoms with E-state index in [1.165, 1.54) is 5.56 Å². The van der Waals surface area contributed by atoms with E-state index in [-0.39, 0.29) is 12.6 Å². The molecule has 5 heteroatoms. The summed E-state index contributed by atoms with van der Waals surface area (Å²) in [5.41, 5.74) is 1.22. The van der Waals surface area contributed by atoms with Crippen molar-refractivity contribution in [1.29, 1.82) is 0 Å². The highest BCUT2D eigenvalue weighted by molar-refractivity contribution is 9.10. The lowest BCUT2D eigenvalue weighted by Crippen LogP contribution is -2.33. The van der Waals surface area contributed by atoms with Gasteiger partial charge in [-0.25, -0.2) is 0 Å². The molecule has 0 saturated heterocycles. The summed E-state index contributed by atoms with van der Waals surface area (Å²) in [6, 6.07) is 12.2. The summed E-state index contributed by atoms with van der Waals surface area (Å²) in [4.78, 5) is 1.16. The quantitative estimate of drug-likeness (QED) is 0.820. The number of hydrogen-bond acceptors (Lipinski definition) is 3. The number of hydrogen-bond donors (Lipinski definition) is 2. The smallest absolute Gasteiger partial charge is 0.107 e. The minimum absolute atomic E-state index is 0.0575. The molecule has 2 N–H and O–H groups in total. The molecule has 0 aliphatic rings. The zero-order valence-electron chi connectivity index (χ0n) is 10.3. The lowest BCUT2D eigenvalue weighted by Gasteiger charge is -2.15. The number of aliphatic hydroxyl groups is 1. The fourth-order valence-corrected chi connectivity index (χ4v) is 3.56. The topological polar surface area (TPSA) is 32.3 Å². The van der Waals surface area contributed by atoms with Crippen LogP contribution in [-0.2, 0) is 13.0 Å². The highest BCUT2D eigenvalue weighted by atomic mass is 79.9. The molecule has 1 atom stereocenters. The zero-order valence-corrected chi connectivity index (χ0v) is 13.4. The lowest BCUT2D eigenvalue weighted by molar-refractivity contribution is 0.241. The Morgan fingerprint density at radius 2 is 2.05 bits per heavy atom. The fourth-order valence-electron chi connectivity index (χ4n) is 1.82. The molecular weight excluding hydrogens is 346 g/mol. The Balaban J connectivity index is 1.89. The highest BCUT2D eigenvalue weighted by Crippen LogP contribution is 2.31. The largest absolute Gasteiger partial charge is 0.395 e. The van der Waals surface area contributed by atoms with E-state index in [2.05, 4.69) is 33.4 Å². The molecular formula is C14H15BrClNOS. The van der Waals surface area contributed by atoms with Gasteiger partial charge in [-0.05, 0) is 34.0 Å². The Hall–Kier alpha value is -0.390. The van der Waals surface area contributed by atoms with E-state index in [9.17, 15) is 5.11 Å². The van der Waals surface area contributed by atoms with Crippen LogP contribution in [0.1, 0.15) is 10.4 Å². The van der Waals surface area contributed by atoms with Crippen molar-refractivity contribution >= 4 is 38.9 Å². The van der Waals surface area contributed by atoms with E-state index < -0.39 is 0 Å². The van der Waals surface area contributed by atoms with Gasteiger partial charge in [-0.15, -0.1) is 11.3 Å². The fraction of sp³-hybridized carbons (Fsp3) is 0.286. The Morgan fingerprint density at radius 3 is 2.63 bits per heavy atom. The van der Waals surface area contributed by atoms with Crippen LogP contribution >= 0.6 is 38.9 Å². The first kappa shape index (κ1) is 15.0. The minimum atomic E-state index is 0.0575. The number of nitrogens with one attached hydrogen (secondary N) is 1. The van der Waals surface area contributed by atoms with Crippen molar-refractivity contribution in [3.63, 3.8) is 0 Å². The van der Waals surface area contributed by atoms with Gasteiger partial charge in [-0.3, -0.25) is 0 Å². The second kappa shape index (κ2) is 7.41. The van der Waals surface area contributed by atoms with Crippen molar-refractivity contribution in [3.05, 3.63) is 55.6 Å². The molecule has 0 aliphatic carbocycles. The van der Waals surface area contributed by atoms with Gasteiger partial charge >= 0.3 is 0 Å². The molecule has 2 aromatic rings. The number of aliphatic hydroxyl groups excluding tert-OH is 1. The Kier molecular flexibility index (Phi) is 5.85. The predicted octanol–water partition coefficient (Wildman–Crippen LogP) is 3.86.